The highest BCUT2D eigenvalue weighted by Gasteiger charge is 2.35. The summed E-state index contributed by atoms with van der Waals surface area (Å²) < 4.78 is 22.4. The zero-order valence-electron chi connectivity index (χ0n) is 12.6. The number of nitrogens with one attached hydrogen (secondary N) is 1. The summed E-state index contributed by atoms with van der Waals surface area (Å²) in [5, 5.41) is 11.8. The average Bonchev–Trinajstić information content (AvgIpc) is 2.24. The molecule has 1 unspecified atom stereocenters. The number of carbonyl (C=O) groups is 1. The Hall–Kier alpha value is -0.580. The van der Waals surface area contributed by atoms with Gasteiger partial charge in [-0.05, 0) is 33.1 Å². The fraction of sp³-hybridized carbons (Fsp3) is 0.917. The van der Waals surface area contributed by atoms with Crippen LogP contribution in [0.15, 0.2) is 0 Å². The van der Waals surface area contributed by atoms with E-state index < -0.39 is 31.2 Å². The molecule has 0 aliphatic heterocycles. The molecule has 19 heavy (non-hydrogen) atoms. The molecule has 0 aromatic rings. The van der Waals surface area contributed by atoms with Crippen molar-refractivity contribution >= 4 is 13.5 Å². The molecule has 7 heteroatoms. The third-order valence-corrected chi connectivity index (χ3v) is 4.66. The van der Waals surface area contributed by atoms with Crippen molar-refractivity contribution in [3.63, 3.8) is 0 Å². The summed E-state index contributed by atoms with van der Waals surface area (Å²) >= 11 is 0. The quantitative estimate of drug-likeness (QED) is 0.736. The number of ether oxygens (including phenoxy) is 1. The molecule has 2 atom stereocenters. The van der Waals surface area contributed by atoms with Crippen LogP contribution in [0, 0.1) is 5.92 Å². The van der Waals surface area contributed by atoms with Crippen LogP contribution in [0.2, 0.25) is 0 Å². The standard InChI is InChI=1S/C12H26NO5P/c1-9(2)7-10(19(16,8-14)17-6)13-11(15)18-12(3,4)5/h9-10,14H,7-8H2,1-6H3,(H,13,15)/t10-,19?/m1/s1. The Morgan fingerprint density at radius 1 is 1.37 bits per heavy atom. The number of aliphatic hydroxyl groups excluding tert-OH is 1. The van der Waals surface area contributed by atoms with Crippen LogP contribution in [0.25, 0.3) is 0 Å². The molecule has 0 spiro atoms. The van der Waals surface area contributed by atoms with E-state index >= 15 is 0 Å². The molecule has 2 N–H and O–H groups in total. The first kappa shape index (κ1) is 18.4. The van der Waals surface area contributed by atoms with Crippen LogP contribution in [0.4, 0.5) is 4.79 Å². The maximum Gasteiger partial charge on any atom is 0.408 e. The van der Waals surface area contributed by atoms with Gasteiger partial charge in [-0.15, -0.1) is 0 Å². The Kier molecular flexibility index (Phi) is 7.05. The molecular weight excluding hydrogens is 269 g/mol. The Balaban J connectivity index is 4.88. The van der Waals surface area contributed by atoms with Gasteiger partial charge in [0.1, 0.15) is 17.7 Å². The number of amides is 1. The van der Waals surface area contributed by atoms with Gasteiger partial charge in [-0.3, -0.25) is 4.57 Å². The molecule has 0 aromatic carbocycles. The van der Waals surface area contributed by atoms with Crippen LogP contribution in [-0.4, -0.2) is 36.0 Å². The molecule has 0 fully saturated rings. The molecule has 114 valence electrons. The Morgan fingerprint density at radius 3 is 2.21 bits per heavy atom. The minimum absolute atomic E-state index is 0.190. The molecule has 6 nitrogen and oxygen atoms in total. The maximum absolute atomic E-state index is 12.3. The zero-order chi connectivity index (χ0) is 15.3. The number of alkyl carbamates (subject to hydrolysis) is 1. The number of hydrogen-bond acceptors (Lipinski definition) is 5. The SMILES string of the molecule is COP(=O)(CO)[C@H](CC(C)C)NC(=O)OC(C)(C)C. The lowest BCUT2D eigenvalue weighted by Crippen LogP contribution is -2.40. The summed E-state index contributed by atoms with van der Waals surface area (Å²) in [4.78, 5) is 11.7. The summed E-state index contributed by atoms with van der Waals surface area (Å²) in [6.07, 6.45) is -0.842. The summed E-state index contributed by atoms with van der Waals surface area (Å²) in [6, 6.07) is 0. The molecule has 0 aromatic heterocycles. The van der Waals surface area contributed by atoms with Crippen LogP contribution < -0.4 is 5.32 Å². The fourth-order valence-corrected chi connectivity index (χ4v) is 3.10. The van der Waals surface area contributed by atoms with Crippen molar-refractivity contribution in [3.05, 3.63) is 0 Å². The third kappa shape index (κ3) is 6.95. The van der Waals surface area contributed by atoms with Crippen LogP contribution >= 0.6 is 7.37 Å². The van der Waals surface area contributed by atoms with E-state index in [0.717, 1.165) is 0 Å². The summed E-state index contributed by atoms with van der Waals surface area (Å²) in [6.45, 7) is 9.09. The molecule has 0 aliphatic rings. The number of hydrogen-bond donors (Lipinski definition) is 2. The third-order valence-electron chi connectivity index (χ3n) is 2.36. The van der Waals surface area contributed by atoms with Crippen LogP contribution in [-0.2, 0) is 13.8 Å². The minimum Gasteiger partial charge on any atom is -0.444 e. The van der Waals surface area contributed by atoms with E-state index in [2.05, 4.69) is 5.32 Å². The van der Waals surface area contributed by atoms with E-state index in [-0.39, 0.29) is 5.92 Å². The maximum atomic E-state index is 12.3. The fourth-order valence-electron chi connectivity index (χ4n) is 1.49. The first-order valence-electron chi connectivity index (χ1n) is 6.29. The van der Waals surface area contributed by atoms with Crippen molar-refractivity contribution in [2.75, 3.05) is 13.5 Å². The molecular formula is C12H26NO5P. The predicted octanol–water partition coefficient (Wildman–Crippen LogP) is 2.76. The first-order valence-corrected chi connectivity index (χ1v) is 8.17. The largest absolute Gasteiger partial charge is 0.444 e. The van der Waals surface area contributed by atoms with Crippen LogP contribution in [0.1, 0.15) is 41.0 Å². The van der Waals surface area contributed by atoms with Gasteiger partial charge in [-0.1, -0.05) is 13.8 Å². The zero-order valence-corrected chi connectivity index (χ0v) is 13.5. The van der Waals surface area contributed by atoms with E-state index in [1.807, 2.05) is 13.8 Å². The molecule has 0 aliphatic carbocycles. The van der Waals surface area contributed by atoms with Crippen LogP contribution in [0.3, 0.4) is 0 Å². The topological polar surface area (TPSA) is 84.9 Å². The van der Waals surface area contributed by atoms with E-state index in [4.69, 9.17) is 9.26 Å². The highest BCUT2D eigenvalue weighted by Crippen LogP contribution is 2.51. The smallest absolute Gasteiger partial charge is 0.408 e. The minimum atomic E-state index is -3.32. The van der Waals surface area contributed by atoms with E-state index in [0.29, 0.717) is 6.42 Å². The summed E-state index contributed by atoms with van der Waals surface area (Å²) in [7, 11) is -2.06. The second-order valence-electron chi connectivity index (χ2n) is 5.84. The van der Waals surface area contributed by atoms with Gasteiger partial charge in [0.25, 0.3) is 0 Å². The molecule has 0 saturated carbocycles. The Labute approximate surface area is 115 Å². The van der Waals surface area contributed by atoms with Gasteiger partial charge >= 0.3 is 6.09 Å². The van der Waals surface area contributed by atoms with Gasteiger partial charge in [-0.25, -0.2) is 4.79 Å². The number of carbonyl (C=O) groups excluding carboxylic acids is 1. The number of rotatable bonds is 6. The predicted molar refractivity (Wildman–Crippen MR) is 74.3 cm³/mol. The van der Waals surface area contributed by atoms with Crippen molar-refractivity contribution in [3.8, 4) is 0 Å². The van der Waals surface area contributed by atoms with Gasteiger partial charge in [0.05, 0.1) is 0 Å². The van der Waals surface area contributed by atoms with E-state index in [1.165, 1.54) is 7.11 Å². The van der Waals surface area contributed by atoms with Gasteiger partial charge in [-0.2, -0.15) is 0 Å². The van der Waals surface area contributed by atoms with Gasteiger partial charge in [0.2, 0.25) is 7.37 Å². The second-order valence-corrected chi connectivity index (χ2v) is 8.57. The van der Waals surface area contributed by atoms with Crippen molar-refractivity contribution in [2.24, 2.45) is 5.92 Å². The lowest BCUT2D eigenvalue weighted by Gasteiger charge is -2.28. The molecule has 0 saturated heterocycles. The van der Waals surface area contributed by atoms with Gasteiger partial charge < -0.3 is 19.7 Å². The second kappa shape index (κ2) is 7.27. The van der Waals surface area contributed by atoms with Crippen molar-refractivity contribution in [2.45, 2.75) is 52.4 Å². The molecule has 0 bridgehead atoms. The average molecular weight is 295 g/mol. The molecule has 0 heterocycles. The lowest BCUT2D eigenvalue weighted by molar-refractivity contribution is 0.0512. The van der Waals surface area contributed by atoms with Gasteiger partial charge in [0, 0.05) is 7.11 Å². The highest BCUT2D eigenvalue weighted by atomic mass is 31.2. The van der Waals surface area contributed by atoms with Crippen molar-refractivity contribution in [1.29, 1.82) is 0 Å². The van der Waals surface area contributed by atoms with E-state index in [9.17, 15) is 14.5 Å². The van der Waals surface area contributed by atoms with Crippen molar-refractivity contribution in [1.82, 2.24) is 5.32 Å². The Morgan fingerprint density at radius 2 is 1.89 bits per heavy atom. The molecule has 0 radical (unpaired) electrons. The first-order chi connectivity index (χ1) is 8.54. The van der Waals surface area contributed by atoms with Gasteiger partial charge in [0.15, 0.2) is 0 Å². The lowest BCUT2D eigenvalue weighted by atomic mass is 10.1. The Bertz CT molecular complexity index is 330. The van der Waals surface area contributed by atoms with Crippen LogP contribution in [0.5, 0.6) is 0 Å². The summed E-state index contributed by atoms with van der Waals surface area (Å²) in [5.74, 6) is -0.563. The summed E-state index contributed by atoms with van der Waals surface area (Å²) in [5.41, 5.74) is -0.636. The monoisotopic (exact) mass is 295 g/mol. The van der Waals surface area contributed by atoms with Crippen molar-refractivity contribution < 1.29 is 23.7 Å². The highest BCUT2D eigenvalue weighted by molar-refractivity contribution is 7.59. The molecule has 1 amide bonds. The number of aliphatic hydroxyl groups is 1. The van der Waals surface area contributed by atoms with E-state index in [1.54, 1.807) is 20.8 Å². The normalized spacial score (nSPS) is 16.8. The molecule has 0 rings (SSSR count).